The van der Waals surface area contributed by atoms with E-state index in [2.05, 4.69) is 15.1 Å². The molecule has 2 aromatic heterocycles. The minimum atomic E-state index is -3.38. The molecule has 0 aliphatic carbocycles. The number of hydrogen-bond donors (Lipinski definition) is 2. The topological polar surface area (TPSA) is 126 Å². The molecule has 2 N–H and O–H groups in total. The van der Waals surface area contributed by atoms with Gasteiger partial charge in [-0.2, -0.15) is 0 Å². The first-order valence-corrected chi connectivity index (χ1v) is 8.29. The molecule has 1 aromatic carbocycles. The van der Waals surface area contributed by atoms with E-state index >= 15 is 0 Å². The Morgan fingerprint density at radius 3 is 2.65 bits per heavy atom. The quantitative estimate of drug-likeness (QED) is 0.681. The van der Waals surface area contributed by atoms with Crippen LogP contribution in [-0.2, 0) is 9.84 Å². The molecule has 2 heterocycles. The van der Waals surface area contributed by atoms with Crippen LogP contribution in [-0.4, -0.2) is 41.4 Å². The van der Waals surface area contributed by atoms with Crippen LogP contribution in [0.1, 0.15) is 0 Å². The highest BCUT2D eigenvalue weighted by Crippen LogP contribution is 2.31. The van der Waals surface area contributed by atoms with Gasteiger partial charge in [0.1, 0.15) is 5.75 Å². The van der Waals surface area contributed by atoms with Crippen molar-refractivity contribution in [1.82, 2.24) is 19.6 Å². The summed E-state index contributed by atoms with van der Waals surface area (Å²) in [4.78, 5) is 29.3. The van der Waals surface area contributed by atoms with Gasteiger partial charge in [0, 0.05) is 11.8 Å². The van der Waals surface area contributed by atoms with Gasteiger partial charge in [0.25, 0.3) is 5.56 Å². The number of sulfone groups is 1. The first kappa shape index (κ1) is 15.0. The van der Waals surface area contributed by atoms with E-state index in [1.165, 1.54) is 36.0 Å². The molecule has 0 saturated carbocycles. The Bertz CT molecular complexity index is 1120. The van der Waals surface area contributed by atoms with Crippen molar-refractivity contribution in [2.24, 2.45) is 0 Å². The highest BCUT2D eigenvalue weighted by Gasteiger charge is 2.16. The van der Waals surface area contributed by atoms with E-state index in [0.717, 1.165) is 6.26 Å². The van der Waals surface area contributed by atoms with E-state index in [-0.39, 0.29) is 16.3 Å². The maximum atomic E-state index is 11.7. The first-order chi connectivity index (χ1) is 10.8. The first-order valence-electron chi connectivity index (χ1n) is 6.40. The van der Waals surface area contributed by atoms with Crippen molar-refractivity contribution in [2.75, 3.05) is 13.4 Å². The molecule has 0 aliphatic heterocycles. The van der Waals surface area contributed by atoms with Gasteiger partial charge in [-0.05, 0) is 18.2 Å². The second-order valence-electron chi connectivity index (χ2n) is 4.85. The largest absolute Gasteiger partial charge is 0.496 e. The van der Waals surface area contributed by atoms with E-state index in [0.29, 0.717) is 11.3 Å². The van der Waals surface area contributed by atoms with Gasteiger partial charge >= 0.3 is 5.69 Å². The van der Waals surface area contributed by atoms with Crippen LogP contribution in [0.2, 0.25) is 0 Å². The Balaban J connectivity index is 2.24. The maximum absolute atomic E-state index is 11.7. The number of ether oxygens (including phenoxy) is 1. The number of hydrogen-bond acceptors (Lipinski definition) is 6. The van der Waals surface area contributed by atoms with Crippen LogP contribution in [0.4, 0.5) is 0 Å². The highest BCUT2D eigenvalue weighted by atomic mass is 32.2. The summed E-state index contributed by atoms with van der Waals surface area (Å²) in [6.07, 6.45) is 2.54. The van der Waals surface area contributed by atoms with Crippen LogP contribution in [0.25, 0.3) is 16.9 Å². The molecular weight excluding hydrogens is 324 g/mol. The number of rotatable bonds is 3. The van der Waals surface area contributed by atoms with E-state index in [9.17, 15) is 18.0 Å². The Morgan fingerprint density at radius 2 is 2.00 bits per heavy atom. The molecule has 10 heteroatoms. The number of aromatic amines is 2. The molecule has 0 aliphatic rings. The van der Waals surface area contributed by atoms with Gasteiger partial charge in [0.15, 0.2) is 9.84 Å². The summed E-state index contributed by atoms with van der Waals surface area (Å²) in [6, 6.07) is 4.33. The van der Waals surface area contributed by atoms with E-state index < -0.39 is 21.1 Å². The normalized spacial score (nSPS) is 11.7. The molecule has 0 unspecified atom stereocenters. The molecule has 0 spiro atoms. The monoisotopic (exact) mass is 336 g/mol. The number of fused-ring (bicyclic) bond motifs is 1. The van der Waals surface area contributed by atoms with Gasteiger partial charge in [-0.25, -0.2) is 27.8 Å². The lowest BCUT2D eigenvalue weighted by atomic mass is 10.1. The van der Waals surface area contributed by atoms with Crippen molar-refractivity contribution < 1.29 is 13.2 Å². The summed E-state index contributed by atoms with van der Waals surface area (Å²) in [5.74, 6) is 0.287. The standard InChI is InChI=1S/C13H12N4O5S/c1-22-10-5-7(23(2,20)21)3-4-8(10)9-6-17-11(14-9)12(18)15-13(19)16-17/h3-6H,1-2H3,(H2,15,16,18,19). The summed E-state index contributed by atoms with van der Waals surface area (Å²) in [7, 11) is -1.98. The molecule has 0 radical (unpaired) electrons. The van der Waals surface area contributed by atoms with Crippen LogP contribution in [0.15, 0.2) is 38.9 Å². The van der Waals surface area contributed by atoms with Gasteiger partial charge < -0.3 is 4.74 Å². The van der Waals surface area contributed by atoms with Gasteiger partial charge in [0.05, 0.1) is 23.9 Å². The average Bonchev–Trinajstić information content (AvgIpc) is 2.89. The molecular formula is C13H12N4O5S. The predicted molar refractivity (Wildman–Crippen MR) is 81.5 cm³/mol. The molecule has 0 saturated heterocycles. The molecule has 0 amide bonds. The van der Waals surface area contributed by atoms with Crippen LogP contribution in [0.5, 0.6) is 5.75 Å². The zero-order valence-electron chi connectivity index (χ0n) is 12.2. The molecule has 0 atom stereocenters. The fourth-order valence-electron chi connectivity index (χ4n) is 2.17. The van der Waals surface area contributed by atoms with Gasteiger partial charge in [0.2, 0.25) is 5.65 Å². The summed E-state index contributed by atoms with van der Waals surface area (Å²) in [6.45, 7) is 0. The van der Waals surface area contributed by atoms with E-state index in [1.807, 2.05) is 0 Å². The van der Waals surface area contributed by atoms with Crippen LogP contribution in [0.3, 0.4) is 0 Å². The molecule has 0 bridgehead atoms. The van der Waals surface area contributed by atoms with Crippen LogP contribution in [0, 0.1) is 0 Å². The molecule has 3 aromatic rings. The highest BCUT2D eigenvalue weighted by molar-refractivity contribution is 7.90. The third-order valence-electron chi connectivity index (χ3n) is 3.24. The zero-order valence-corrected chi connectivity index (χ0v) is 13.0. The molecule has 0 fully saturated rings. The number of H-pyrrole nitrogens is 2. The Hall–Kier alpha value is -2.88. The smallest absolute Gasteiger partial charge is 0.340 e. The lowest BCUT2D eigenvalue weighted by Crippen LogP contribution is -2.25. The van der Waals surface area contributed by atoms with Gasteiger partial charge in [-0.1, -0.05) is 0 Å². The fourth-order valence-corrected chi connectivity index (χ4v) is 2.80. The second-order valence-corrected chi connectivity index (χ2v) is 6.86. The SMILES string of the molecule is COc1cc(S(C)(=O)=O)ccc1-c1cn2[nH]c(=O)[nH]c(=O)c2n1. The minimum absolute atomic E-state index is 0.00819. The summed E-state index contributed by atoms with van der Waals surface area (Å²) in [5.41, 5.74) is -0.440. The molecule has 3 rings (SSSR count). The number of methoxy groups -OCH3 is 1. The Morgan fingerprint density at radius 1 is 1.26 bits per heavy atom. The predicted octanol–water partition coefficient (Wildman–Crippen LogP) is -0.210. The van der Waals surface area contributed by atoms with E-state index in [4.69, 9.17) is 4.74 Å². The van der Waals surface area contributed by atoms with Crippen molar-refractivity contribution in [1.29, 1.82) is 0 Å². The third kappa shape index (κ3) is 2.63. The Labute approximate surface area is 129 Å². The summed E-state index contributed by atoms with van der Waals surface area (Å²) in [5, 5.41) is 2.40. The fraction of sp³-hybridized carbons (Fsp3) is 0.154. The average molecular weight is 336 g/mol. The number of imidazole rings is 1. The van der Waals surface area contributed by atoms with Gasteiger partial charge in [-0.3, -0.25) is 9.78 Å². The van der Waals surface area contributed by atoms with Crippen molar-refractivity contribution in [3.05, 3.63) is 45.2 Å². The minimum Gasteiger partial charge on any atom is -0.496 e. The third-order valence-corrected chi connectivity index (χ3v) is 4.35. The number of aromatic nitrogens is 4. The van der Waals surface area contributed by atoms with Crippen molar-refractivity contribution >= 4 is 15.5 Å². The summed E-state index contributed by atoms with van der Waals surface area (Å²) < 4.78 is 29.6. The summed E-state index contributed by atoms with van der Waals surface area (Å²) >= 11 is 0. The molecule has 9 nitrogen and oxygen atoms in total. The lowest BCUT2D eigenvalue weighted by molar-refractivity contribution is 0.415. The van der Waals surface area contributed by atoms with Crippen LogP contribution >= 0.6 is 0 Å². The van der Waals surface area contributed by atoms with Crippen molar-refractivity contribution in [3.8, 4) is 17.0 Å². The number of benzene rings is 1. The molecule has 120 valence electrons. The van der Waals surface area contributed by atoms with Crippen LogP contribution < -0.4 is 16.0 Å². The number of nitrogens with one attached hydrogen (secondary N) is 2. The van der Waals surface area contributed by atoms with Crippen molar-refractivity contribution in [2.45, 2.75) is 4.90 Å². The van der Waals surface area contributed by atoms with Gasteiger partial charge in [-0.15, -0.1) is 0 Å². The maximum Gasteiger partial charge on any atom is 0.340 e. The number of nitrogens with zero attached hydrogens (tertiary/aromatic N) is 2. The van der Waals surface area contributed by atoms with E-state index in [1.54, 1.807) is 0 Å². The second kappa shape index (κ2) is 5.09. The van der Waals surface area contributed by atoms with Crippen molar-refractivity contribution in [3.63, 3.8) is 0 Å². The Kier molecular flexibility index (Phi) is 3.33. The molecule has 23 heavy (non-hydrogen) atoms. The zero-order chi connectivity index (χ0) is 16.8. The lowest BCUT2D eigenvalue weighted by Gasteiger charge is -2.08.